The van der Waals surface area contributed by atoms with Gasteiger partial charge in [-0.05, 0) is 38.6 Å². The van der Waals surface area contributed by atoms with Crippen LogP contribution in [0.25, 0.3) is 0 Å². The maximum Gasteiger partial charge on any atom is 0.119 e. The van der Waals surface area contributed by atoms with Gasteiger partial charge in [0.05, 0.1) is 23.4 Å². The number of nitrogens with zero attached hydrogens (tertiary/aromatic N) is 1. The Morgan fingerprint density at radius 3 is 2.56 bits per heavy atom. The van der Waals surface area contributed by atoms with Gasteiger partial charge < -0.3 is 10.1 Å². The van der Waals surface area contributed by atoms with E-state index in [4.69, 9.17) is 4.74 Å². The van der Waals surface area contributed by atoms with E-state index in [0.717, 1.165) is 16.5 Å². The Morgan fingerprint density at radius 1 is 1.33 bits per heavy atom. The average Bonchev–Trinajstić information content (AvgIpc) is 2.79. The Kier molecular flexibility index (Phi) is 4.33. The third-order valence-corrected chi connectivity index (χ3v) is 3.54. The molecule has 2 rings (SSSR count). The molecule has 96 valence electrons. The quantitative estimate of drug-likeness (QED) is 0.898. The van der Waals surface area contributed by atoms with Crippen molar-refractivity contribution in [2.45, 2.75) is 19.9 Å². The van der Waals surface area contributed by atoms with Gasteiger partial charge in [0.25, 0.3) is 0 Å². The van der Waals surface area contributed by atoms with E-state index in [9.17, 15) is 0 Å². The zero-order valence-electron chi connectivity index (χ0n) is 10.9. The standard InChI is InChI=1S/C14H18N2OS/c1-4-17-12-7-5-11(6-8-12)14(15-3)13-9-18-10(2)16-13/h5-9,14-15H,4H2,1-3H3. The van der Waals surface area contributed by atoms with Crippen molar-refractivity contribution in [2.75, 3.05) is 13.7 Å². The number of ether oxygens (including phenoxy) is 1. The first-order valence-electron chi connectivity index (χ1n) is 6.06. The maximum atomic E-state index is 5.45. The van der Waals surface area contributed by atoms with Gasteiger partial charge in [-0.25, -0.2) is 4.98 Å². The van der Waals surface area contributed by atoms with E-state index in [1.165, 1.54) is 5.56 Å². The average molecular weight is 262 g/mol. The fourth-order valence-corrected chi connectivity index (χ4v) is 2.56. The molecule has 2 aromatic rings. The molecule has 3 nitrogen and oxygen atoms in total. The van der Waals surface area contributed by atoms with E-state index < -0.39 is 0 Å². The summed E-state index contributed by atoms with van der Waals surface area (Å²) in [7, 11) is 1.95. The molecule has 0 bridgehead atoms. The molecule has 1 aromatic heterocycles. The summed E-state index contributed by atoms with van der Waals surface area (Å²) in [5.74, 6) is 0.908. The minimum Gasteiger partial charge on any atom is -0.494 e. The highest BCUT2D eigenvalue weighted by Crippen LogP contribution is 2.24. The van der Waals surface area contributed by atoms with E-state index in [1.54, 1.807) is 11.3 Å². The van der Waals surface area contributed by atoms with Crippen LogP contribution in [-0.4, -0.2) is 18.6 Å². The predicted octanol–water partition coefficient (Wildman–Crippen LogP) is 3.16. The molecule has 1 atom stereocenters. The molecule has 1 N–H and O–H groups in total. The lowest BCUT2D eigenvalue weighted by Gasteiger charge is -2.15. The van der Waals surface area contributed by atoms with Crippen molar-refractivity contribution >= 4 is 11.3 Å². The number of hydrogen-bond donors (Lipinski definition) is 1. The first kappa shape index (κ1) is 13.1. The maximum absolute atomic E-state index is 5.45. The van der Waals surface area contributed by atoms with Gasteiger partial charge in [-0.1, -0.05) is 12.1 Å². The van der Waals surface area contributed by atoms with Crippen molar-refractivity contribution in [2.24, 2.45) is 0 Å². The summed E-state index contributed by atoms with van der Waals surface area (Å²) < 4.78 is 5.45. The van der Waals surface area contributed by atoms with E-state index >= 15 is 0 Å². The van der Waals surface area contributed by atoms with Gasteiger partial charge in [-0.2, -0.15) is 0 Å². The van der Waals surface area contributed by atoms with Gasteiger partial charge in [-0.3, -0.25) is 0 Å². The summed E-state index contributed by atoms with van der Waals surface area (Å²) >= 11 is 1.68. The molecule has 18 heavy (non-hydrogen) atoms. The van der Waals surface area contributed by atoms with Crippen molar-refractivity contribution in [3.63, 3.8) is 0 Å². The molecular formula is C14H18N2OS. The summed E-state index contributed by atoms with van der Waals surface area (Å²) in [5, 5.41) is 6.50. The molecule has 0 fully saturated rings. The lowest BCUT2D eigenvalue weighted by atomic mass is 10.0. The van der Waals surface area contributed by atoms with Crippen LogP contribution in [0.15, 0.2) is 29.6 Å². The molecule has 1 aromatic carbocycles. The van der Waals surface area contributed by atoms with E-state index in [-0.39, 0.29) is 6.04 Å². The van der Waals surface area contributed by atoms with Crippen molar-refractivity contribution < 1.29 is 4.74 Å². The first-order valence-corrected chi connectivity index (χ1v) is 6.94. The molecule has 0 aliphatic heterocycles. The molecule has 0 aliphatic carbocycles. The second-order valence-electron chi connectivity index (χ2n) is 4.02. The Labute approximate surface area is 112 Å². The molecule has 1 heterocycles. The van der Waals surface area contributed by atoms with Crippen LogP contribution in [0.4, 0.5) is 0 Å². The minimum absolute atomic E-state index is 0.144. The van der Waals surface area contributed by atoms with E-state index in [0.29, 0.717) is 6.61 Å². The fourth-order valence-electron chi connectivity index (χ4n) is 1.92. The summed E-state index contributed by atoms with van der Waals surface area (Å²) in [6.07, 6.45) is 0. The normalized spacial score (nSPS) is 12.4. The van der Waals surface area contributed by atoms with Crippen LogP contribution in [0.1, 0.15) is 29.2 Å². The van der Waals surface area contributed by atoms with Crippen LogP contribution in [0.5, 0.6) is 5.75 Å². The van der Waals surface area contributed by atoms with Gasteiger partial charge in [0.15, 0.2) is 0 Å². The van der Waals surface area contributed by atoms with Crippen LogP contribution in [-0.2, 0) is 0 Å². The summed E-state index contributed by atoms with van der Waals surface area (Å²) in [6.45, 7) is 4.71. The zero-order valence-corrected chi connectivity index (χ0v) is 11.8. The number of thiazole rings is 1. The van der Waals surface area contributed by atoms with E-state index in [1.807, 2.05) is 33.0 Å². The van der Waals surface area contributed by atoms with Gasteiger partial charge in [0.2, 0.25) is 0 Å². The summed E-state index contributed by atoms with van der Waals surface area (Å²) in [4.78, 5) is 4.54. The molecule has 0 radical (unpaired) electrons. The van der Waals surface area contributed by atoms with Crippen LogP contribution < -0.4 is 10.1 Å². The second kappa shape index (κ2) is 5.98. The largest absolute Gasteiger partial charge is 0.494 e. The minimum atomic E-state index is 0.144. The highest BCUT2D eigenvalue weighted by Gasteiger charge is 2.14. The molecular weight excluding hydrogens is 244 g/mol. The molecule has 0 spiro atoms. The second-order valence-corrected chi connectivity index (χ2v) is 5.08. The third-order valence-electron chi connectivity index (χ3n) is 2.75. The third kappa shape index (κ3) is 2.89. The van der Waals surface area contributed by atoms with Crippen LogP contribution >= 0.6 is 11.3 Å². The van der Waals surface area contributed by atoms with Crippen molar-refractivity contribution in [1.82, 2.24) is 10.3 Å². The number of rotatable bonds is 5. The molecule has 4 heteroatoms. The SMILES string of the molecule is CCOc1ccc(C(NC)c2csc(C)n2)cc1. The van der Waals surface area contributed by atoms with Gasteiger partial charge in [0.1, 0.15) is 5.75 Å². The van der Waals surface area contributed by atoms with Gasteiger partial charge >= 0.3 is 0 Å². The highest BCUT2D eigenvalue weighted by molar-refractivity contribution is 7.09. The zero-order chi connectivity index (χ0) is 13.0. The van der Waals surface area contributed by atoms with Gasteiger partial charge in [0, 0.05) is 5.38 Å². The molecule has 0 saturated heterocycles. The van der Waals surface area contributed by atoms with Crippen molar-refractivity contribution in [3.05, 3.63) is 45.9 Å². The van der Waals surface area contributed by atoms with Gasteiger partial charge in [-0.15, -0.1) is 11.3 Å². The Balaban J connectivity index is 2.22. The monoisotopic (exact) mass is 262 g/mol. The molecule has 1 unspecified atom stereocenters. The van der Waals surface area contributed by atoms with Crippen LogP contribution in [0, 0.1) is 6.92 Å². The Morgan fingerprint density at radius 2 is 2.06 bits per heavy atom. The number of aromatic nitrogens is 1. The number of aryl methyl sites for hydroxylation is 1. The topological polar surface area (TPSA) is 34.1 Å². The number of benzene rings is 1. The van der Waals surface area contributed by atoms with Crippen LogP contribution in [0.3, 0.4) is 0 Å². The summed E-state index contributed by atoms with van der Waals surface area (Å²) in [6, 6.07) is 8.32. The molecule has 0 aliphatic rings. The number of nitrogens with one attached hydrogen (secondary N) is 1. The lowest BCUT2D eigenvalue weighted by Crippen LogP contribution is -2.17. The fraction of sp³-hybridized carbons (Fsp3) is 0.357. The molecule has 0 saturated carbocycles. The summed E-state index contributed by atoms with van der Waals surface area (Å²) in [5.41, 5.74) is 2.27. The predicted molar refractivity (Wildman–Crippen MR) is 75.4 cm³/mol. The first-order chi connectivity index (χ1) is 8.74. The van der Waals surface area contributed by atoms with Crippen LogP contribution in [0.2, 0.25) is 0 Å². The van der Waals surface area contributed by atoms with Crippen molar-refractivity contribution in [3.8, 4) is 5.75 Å². The highest BCUT2D eigenvalue weighted by atomic mass is 32.1. The lowest BCUT2D eigenvalue weighted by molar-refractivity contribution is 0.340. The molecule has 0 amide bonds. The Hall–Kier alpha value is -1.39. The van der Waals surface area contributed by atoms with Crippen molar-refractivity contribution in [1.29, 1.82) is 0 Å². The smallest absolute Gasteiger partial charge is 0.119 e. The van der Waals surface area contributed by atoms with E-state index in [2.05, 4.69) is 27.8 Å². The Bertz CT molecular complexity index is 493. The number of hydrogen-bond acceptors (Lipinski definition) is 4.